The van der Waals surface area contributed by atoms with Gasteiger partial charge in [-0.15, -0.1) is 0 Å². The van der Waals surface area contributed by atoms with Gasteiger partial charge in [0.1, 0.15) is 17.5 Å². The second-order valence-corrected chi connectivity index (χ2v) is 5.37. The average molecular weight is 348 g/mol. The summed E-state index contributed by atoms with van der Waals surface area (Å²) >= 11 is 0. The normalized spacial score (nSPS) is 10.7. The van der Waals surface area contributed by atoms with Gasteiger partial charge in [0.25, 0.3) is 5.91 Å². The summed E-state index contributed by atoms with van der Waals surface area (Å²) in [7, 11) is 0. The Hall–Kier alpha value is -3.99. The Bertz CT molecular complexity index is 964. The Balaban J connectivity index is 2.21. The molecule has 0 aliphatic rings. The minimum atomic E-state index is -0.699. The van der Waals surface area contributed by atoms with Gasteiger partial charge in [0.2, 0.25) is 0 Å². The quantitative estimate of drug-likeness (QED) is 0.400. The van der Waals surface area contributed by atoms with Gasteiger partial charge in [0.05, 0.1) is 18.2 Å². The van der Waals surface area contributed by atoms with Gasteiger partial charge in [-0.05, 0) is 42.8 Å². The molecule has 0 spiro atoms. The Morgan fingerprint density at radius 2 is 2.04 bits per heavy atom. The van der Waals surface area contributed by atoms with Crippen LogP contribution in [0.25, 0.3) is 0 Å². The number of allylic oxidation sites excluding steroid dienone is 1. The van der Waals surface area contributed by atoms with Gasteiger partial charge in [0, 0.05) is 22.5 Å². The van der Waals surface area contributed by atoms with E-state index in [2.05, 4.69) is 5.32 Å². The fourth-order valence-electron chi connectivity index (χ4n) is 2.11. The molecule has 8 heteroatoms. The van der Waals surface area contributed by atoms with Crippen LogP contribution in [0.5, 0.6) is 0 Å². The van der Waals surface area contributed by atoms with E-state index in [1.807, 2.05) is 0 Å². The number of hydrogen-bond donors (Lipinski definition) is 5. The van der Waals surface area contributed by atoms with Gasteiger partial charge in [-0.3, -0.25) is 21.0 Å². The third-order valence-corrected chi connectivity index (χ3v) is 3.49. The fraction of sp³-hybridized carbons (Fsp3) is 0.0556. The third kappa shape index (κ3) is 4.10. The second-order valence-electron chi connectivity index (χ2n) is 5.37. The van der Waals surface area contributed by atoms with E-state index >= 15 is 0 Å². The molecular weight excluding hydrogens is 332 g/mol. The SMILES string of the molecule is C/C(=C/C(=N)C#N)C(=N)C(=O)Nc1ccc(N)c(C(=N)c2ccoc2)c1. The van der Waals surface area contributed by atoms with Gasteiger partial charge in [0.15, 0.2) is 0 Å². The van der Waals surface area contributed by atoms with Crippen LogP contribution in [0.3, 0.4) is 0 Å². The number of furan rings is 1. The molecule has 1 aromatic heterocycles. The molecule has 0 aliphatic heterocycles. The van der Waals surface area contributed by atoms with Crippen molar-refractivity contribution in [1.82, 2.24) is 0 Å². The van der Waals surface area contributed by atoms with E-state index in [0.29, 0.717) is 22.5 Å². The number of nitrogens with two attached hydrogens (primary N) is 1. The zero-order valence-corrected chi connectivity index (χ0v) is 13.9. The minimum absolute atomic E-state index is 0.140. The number of hydrogen-bond acceptors (Lipinski definition) is 7. The number of anilines is 2. The maximum Gasteiger partial charge on any atom is 0.273 e. The standard InChI is InChI=1S/C18H16N6O2/c1-10(6-12(20)8-19)16(22)18(25)24-13-2-3-15(21)14(7-13)17(23)11-4-5-26-9-11/h2-7,9,20,22-23H,21H2,1H3,(H,24,25)/b10-6-,20-12?,22-16?,23-17?. The summed E-state index contributed by atoms with van der Waals surface area (Å²) < 4.78 is 4.96. The summed E-state index contributed by atoms with van der Waals surface area (Å²) in [6, 6.07) is 7.88. The summed E-state index contributed by atoms with van der Waals surface area (Å²) in [5.41, 5.74) is 7.21. The van der Waals surface area contributed by atoms with Crippen molar-refractivity contribution in [3.63, 3.8) is 0 Å². The summed E-state index contributed by atoms with van der Waals surface area (Å²) in [4.78, 5) is 12.2. The number of benzene rings is 1. The van der Waals surface area contributed by atoms with Crippen LogP contribution < -0.4 is 11.1 Å². The van der Waals surface area contributed by atoms with Crippen molar-refractivity contribution in [3.8, 4) is 6.07 Å². The zero-order chi connectivity index (χ0) is 19.3. The number of nitrogen functional groups attached to an aromatic ring is 1. The number of nitrogens with zero attached hydrogens (tertiary/aromatic N) is 1. The van der Waals surface area contributed by atoms with E-state index in [-0.39, 0.29) is 22.7 Å². The van der Waals surface area contributed by atoms with E-state index in [1.54, 1.807) is 24.3 Å². The molecule has 0 radical (unpaired) electrons. The van der Waals surface area contributed by atoms with E-state index in [4.69, 9.17) is 31.6 Å². The predicted octanol–water partition coefficient (Wildman–Crippen LogP) is 2.73. The molecule has 0 saturated heterocycles. The lowest BCUT2D eigenvalue weighted by molar-refractivity contribution is -0.110. The van der Waals surface area contributed by atoms with E-state index in [9.17, 15) is 4.79 Å². The van der Waals surface area contributed by atoms with Gasteiger partial charge >= 0.3 is 0 Å². The van der Waals surface area contributed by atoms with Crippen molar-refractivity contribution in [2.45, 2.75) is 6.92 Å². The van der Waals surface area contributed by atoms with Crippen molar-refractivity contribution >= 4 is 34.4 Å². The van der Waals surface area contributed by atoms with Crippen LogP contribution in [0.15, 0.2) is 52.9 Å². The molecule has 0 bridgehead atoms. The molecule has 130 valence electrons. The van der Waals surface area contributed by atoms with Gasteiger partial charge < -0.3 is 15.5 Å². The number of nitrogens with one attached hydrogen (secondary N) is 4. The summed E-state index contributed by atoms with van der Waals surface area (Å²) in [6.07, 6.45) is 4.01. The topological polar surface area (TPSA) is 164 Å². The maximum atomic E-state index is 12.2. The van der Waals surface area contributed by atoms with Crippen molar-refractivity contribution in [2.75, 3.05) is 11.1 Å². The summed E-state index contributed by atoms with van der Waals surface area (Å²) in [5.74, 6) is -0.699. The molecule has 26 heavy (non-hydrogen) atoms. The molecule has 0 saturated carbocycles. The third-order valence-electron chi connectivity index (χ3n) is 3.49. The van der Waals surface area contributed by atoms with Crippen molar-refractivity contribution in [3.05, 3.63) is 59.6 Å². The molecular formula is C18H16N6O2. The highest BCUT2D eigenvalue weighted by molar-refractivity contribution is 6.48. The van der Waals surface area contributed by atoms with Gasteiger partial charge in [-0.1, -0.05) is 0 Å². The molecule has 1 aromatic carbocycles. The first-order chi connectivity index (χ1) is 12.3. The molecule has 0 unspecified atom stereocenters. The van der Waals surface area contributed by atoms with Gasteiger partial charge in [-0.2, -0.15) is 5.26 Å². The highest BCUT2D eigenvalue weighted by Gasteiger charge is 2.15. The van der Waals surface area contributed by atoms with Crippen molar-refractivity contribution in [2.24, 2.45) is 0 Å². The average Bonchev–Trinajstić information content (AvgIpc) is 3.16. The lowest BCUT2D eigenvalue weighted by Crippen LogP contribution is -2.23. The van der Waals surface area contributed by atoms with E-state index in [0.717, 1.165) is 6.08 Å². The molecule has 1 heterocycles. The van der Waals surface area contributed by atoms with Crippen molar-refractivity contribution in [1.29, 1.82) is 21.5 Å². The summed E-state index contributed by atoms with van der Waals surface area (Å²) in [6.45, 7) is 1.47. The van der Waals surface area contributed by atoms with Crippen LogP contribution >= 0.6 is 0 Å². The Morgan fingerprint density at radius 1 is 1.31 bits per heavy atom. The van der Waals surface area contributed by atoms with Crippen LogP contribution in [-0.2, 0) is 4.79 Å². The predicted molar refractivity (Wildman–Crippen MR) is 98.9 cm³/mol. The lowest BCUT2D eigenvalue weighted by atomic mass is 10.0. The molecule has 2 rings (SSSR count). The number of rotatable bonds is 6. The van der Waals surface area contributed by atoms with Crippen LogP contribution in [0.4, 0.5) is 11.4 Å². The van der Waals surface area contributed by atoms with Crippen molar-refractivity contribution < 1.29 is 9.21 Å². The Morgan fingerprint density at radius 3 is 2.65 bits per heavy atom. The first kappa shape index (κ1) is 18.4. The molecule has 1 amide bonds. The van der Waals surface area contributed by atoms with Gasteiger partial charge in [-0.25, -0.2) is 0 Å². The number of carbonyl (C=O) groups is 1. The first-order valence-electron chi connectivity index (χ1n) is 7.41. The Kier molecular flexibility index (Phi) is 5.45. The Labute approximate surface area is 149 Å². The highest BCUT2D eigenvalue weighted by atomic mass is 16.3. The first-order valence-corrected chi connectivity index (χ1v) is 7.41. The highest BCUT2D eigenvalue weighted by Crippen LogP contribution is 2.21. The molecule has 0 aliphatic carbocycles. The van der Waals surface area contributed by atoms with Crippen LogP contribution in [0.2, 0.25) is 0 Å². The van der Waals surface area contributed by atoms with E-state index < -0.39 is 5.91 Å². The molecule has 2 aromatic rings. The molecule has 6 N–H and O–H groups in total. The zero-order valence-electron chi connectivity index (χ0n) is 13.9. The molecule has 8 nitrogen and oxygen atoms in total. The second kappa shape index (κ2) is 7.72. The fourth-order valence-corrected chi connectivity index (χ4v) is 2.11. The van der Waals surface area contributed by atoms with Crippen LogP contribution in [-0.4, -0.2) is 23.0 Å². The number of carbonyl (C=O) groups excluding carboxylic acids is 1. The lowest BCUT2D eigenvalue weighted by Gasteiger charge is -2.11. The monoisotopic (exact) mass is 348 g/mol. The minimum Gasteiger partial charge on any atom is -0.472 e. The number of nitriles is 1. The van der Waals surface area contributed by atoms with Crippen LogP contribution in [0.1, 0.15) is 18.1 Å². The number of amides is 1. The van der Waals surface area contributed by atoms with E-state index in [1.165, 1.54) is 25.5 Å². The molecule has 0 fully saturated rings. The summed E-state index contributed by atoms with van der Waals surface area (Å²) in [5, 5.41) is 34.5. The largest absolute Gasteiger partial charge is 0.472 e. The molecule has 0 atom stereocenters. The maximum absolute atomic E-state index is 12.2. The van der Waals surface area contributed by atoms with Crippen LogP contribution in [0, 0.1) is 27.6 Å². The smallest absolute Gasteiger partial charge is 0.273 e.